The van der Waals surface area contributed by atoms with Crippen LogP contribution >= 0.6 is 11.6 Å². The number of nitrogens with two attached hydrogens (primary N) is 1. The summed E-state index contributed by atoms with van der Waals surface area (Å²) in [6.07, 6.45) is 4.50. The van der Waals surface area contributed by atoms with Gasteiger partial charge in [-0.2, -0.15) is 0 Å². The topological polar surface area (TPSA) is 43.8 Å². The summed E-state index contributed by atoms with van der Waals surface area (Å²) in [4.78, 5) is 4.18. The SMILES string of the molecule is Cc1nccn1-c1ccc(CCN)c(Cl)c1. The fourth-order valence-corrected chi connectivity index (χ4v) is 1.96. The molecule has 0 fully saturated rings. The van der Waals surface area contributed by atoms with Gasteiger partial charge in [-0.15, -0.1) is 0 Å². The van der Waals surface area contributed by atoms with Crippen LogP contribution in [0.2, 0.25) is 5.02 Å². The van der Waals surface area contributed by atoms with Crippen molar-refractivity contribution < 1.29 is 0 Å². The average molecular weight is 236 g/mol. The van der Waals surface area contributed by atoms with Crippen LogP contribution in [0, 0.1) is 6.92 Å². The number of hydrogen-bond donors (Lipinski definition) is 1. The molecule has 2 rings (SSSR count). The number of aromatic nitrogens is 2. The molecule has 0 unspecified atom stereocenters. The normalized spacial score (nSPS) is 10.7. The predicted molar refractivity (Wildman–Crippen MR) is 66.1 cm³/mol. The zero-order chi connectivity index (χ0) is 11.5. The first-order chi connectivity index (χ1) is 7.72. The molecule has 0 atom stereocenters. The fourth-order valence-electron chi connectivity index (χ4n) is 1.70. The van der Waals surface area contributed by atoms with Crippen LogP contribution in [0.15, 0.2) is 30.6 Å². The van der Waals surface area contributed by atoms with Crippen molar-refractivity contribution in [3.05, 3.63) is 47.0 Å². The van der Waals surface area contributed by atoms with E-state index in [1.807, 2.05) is 35.9 Å². The first kappa shape index (κ1) is 11.2. The summed E-state index contributed by atoms with van der Waals surface area (Å²) in [5.74, 6) is 0.947. The number of imidazole rings is 1. The first-order valence-electron chi connectivity index (χ1n) is 5.21. The zero-order valence-electron chi connectivity index (χ0n) is 9.15. The van der Waals surface area contributed by atoms with E-state index in [0.717, 1.165) is 28.5 Å². The van der Waals surface area contributed by atoms with Crippen molar-refractivity contribution in [2.24, 2.45) is 5.73 Å². The molecule has 4 heteroatoms. The molecule has 0 bridgehead atoms. The van der Waals surface area contributed by atoms with Gasteiger partial charge in [0, 0.05) is 23.1 Å². The molecule has 1 heterocycles. The molecule has 1 aromatic heterocycles. The minimum absolute atomic E-state index is 0.614. The third-order valence-corrected chi connectivity index (χ3v) is 2.91. The lowest BCUT2D eigenvalue weighted by Gasteiger charge is -2.08. The van der Waals surface area contributed by atoms with Crippen molar-refractivity contribution >= 4 is 11.6 Å². The highest BCUT2D eigenvalue weighted by Gasteiger charge is 2.04. The van der Waals surface area contributed by atoms with E-state index in [4.69, 9.17) is 17.3 Å². The Bertz CT molecular complexity index is 491. The van der Waals surface area contributed by atoms with Crippen molar-refractivity contribution in [1.82, 2.24) is 9.55 Å². The Morgan fingerprint density at radius 3 is 2.81 bits per heavy atom. The number of hydrogen-bond acceptors (Lipinski definition) is 2. The van der Waals surface area contributed by atoms with E-state index in [0.29, 0.717) is 6.54 Å². The smallest absolute Gasteiger partial charge is 0.110 e. The lowest BCUT2D eigenvalue weighted by molar-refractivity contribution is 0.953. The maximum absolute atomic E-state index is 6.19. The van der Waals surface area contributed by atoms with E-state index in [-0.39, 0.29) is 0 Å². The molecule has 0 spiro atoms. The van der Waals surface area contributed by atoms with Gasteiger partial charge in [-0.3, -0.25) is 0 Å². The largest absolute Gasteiger partial charge is 0.330 e. The van der Waals surface area contributed by atoms with Gasteiger partial charge in [0.2, 0.25) is 0 Å². The van der Waals surface area contributed by atoms with Crippen molar-refractivity contribution in [2.75, 3.05) is 6.54 Å². The molecule has 0 aliphatic carbocycles. The molecule has 0 saturated heterocycles. The van der Waals surface area contributed by atoms with Crippen LogP contribution in [-0.4, -0.2) is 16.1 Å². The van der Waals surface area contributed by atoms with Gasteiger partial charge < -0.3 is 10.3 Å². The number of benzene rings is 1. The summed E-state index contributed by atoms with van der Waals surface area (Å²) in [7, 11) is 0. The third-order valence-electron chi connectivity index (χ3n) is 2.55. The Morgan fingerprint density at radius 2 is 2.25 bits per heavy atom. The van der Waals surface area contributed by atoms with Crippen LogP contribution in [0.25, 0.3) is 5.69 Å². The summed E-state index contributed by atoms with van der Waals surface area (Å²) in [6.45, 7) is 2.57. The lowest BCUT2D eigenvalue weighted by atomic mass is 10.1. The Kier molecular flexibility index (Phi) is 3.27. The van der Waals surface area contributed by atoms with Gasteiger partial charge in [0.25, 0.3) is 0 Å². The van der Waals surface area contributed by atoms with Crippen LogP contribution in [0.1, 0.15) is 11.4 Å². The molecule has 0 aliphatic heterocycles. The van der Waals surface area contributed by atoms with E-state index in [9.17, 15) is 0 Å². The van der Waals surface area contributed by atoms with Gasteiger partial charge in [-0.05, 0) is 37.6 Å². The maximum atomic E-state index is 6.19. The number of rotatable bonds is 3. The molecule has 0 saturated carbocycles. The standard InChI is InChI=1S/C12H14ClN3/c1-9-15-6-7-16(9)11-3-2-10(4-5-14)12(13)8-11/h2-3,6-8H,4-5,14H2,1H3. The van der Waals surface area contributed by atoms with Gasteiger partial charge in [-0.25, -0.2) is 4.98 Å². The fraction of sp³-hybridized carbons (Fsp3) is 0.250. The minimum Gasteiger partial charge on any atom is -0.330 e. The van der Waals surface area contributed by atoms with Crippen molar-refractivity contribution in [3.8, 4) is 5.69 Å². The predicted octanol–water partition coefficient (Wildman–Crippen LogP) is 2.34. The highest BCUT2D eigenvalue weighted by molar-refractivity contribution is 6.31. The van der Waals surface area contributed by atoms with E-state index in [1.54, 1.807) is 6.20 Å². The van der Waals surface area contributed by atoms with Gasteiger partial charge in [0.1, 0.15) is 5.82 Å². The molecule has 0 amide bonds. The molecule has 3 nitrogen and oxygen atoms in total. The van der Waals surface area contributed by atoms with Crippen LogP contribution in [0.3, 0.4) is 0 Å². The van der Waals surface area contributed by atoms with E-state index < -0.39 is 0 Å². The molecule has 2 N–H and O–H groups in total. The quantitative estimate of drug-likeness (QED) is 0.888. The number of aryl methyl sites for hydroxylation is 1. The summed E-state index contributed by atoms with van der Waals surface area (Å²) < 4.78 is 2.00. The summed E-state index contributed by atoms with van der Waals surface area (Å²) in [5, 5.41) is 0.760. The van der Waals surface area contributed by atoms with Crippen molar-refractivity contribution in [1.29, 1.82) is 0 Å². The molecular weight excluding hydrogens is 222 g/mol. The average Bonchev–Trinajstić information content (AvgIpc) is 2.68. The lowest BCUT2D eigenvalue weighted by Crippen LogP contribution is -2.04. The second kappa shape index (κ2) is 4.68. The molecule has 1 aromatic carbocycles. The van der Waals surface area contributed by atoms with Crippen molar-refractivity contribution in [3.63, 3.8) is 0 Å². The number of nitrogens with zero attached hydrogens (tertiary/aromatic N) is 2. The zero-order valence-corrected chi connectivity index (χ0v) is 9.91. The second-order valence-electron chi connectivity index (χ2n) is 3.66. The molecule has 0 aliphatic rings. The van der Waals surface area contributed by atoms with Gasteiger partial charge in [-0.1, -0.05) is 17.7 Å². The first-order valence-corrected chi connectivity index (χ1v) is 5.59. The van der Waals surface area contributed by atoms with E-state index in [2.05, 4.69) is 4.98 Å². The Balaban J connectivity index is 2.38. The molecular formula is C12H14ClN3. The Hall–Kier alpha value is -1.32. The van der Waals surface area contributed by atoms with Crippen molar-refractivity contribution in [2.45, 2.75) is 13.3 Å². The third kappa shape index (κ3) is 2.10. The second-order valence-corrected chi connectivity index (χ2v) is 4.07. The van der Waals surface area contributed by atoms with Gasteiger partial charge >= 0.3 is 0 Å². The molecule has 0 radical (unpaired) electrons. The monoisotopic (exact) mass is 235 g/mol. The van der Waals surface area contributed by atoms with Gasteiger partial charge in [0.05, 0.1) is 0 Å². The summed E-state index contributed by atoms with van der Waals surface area (Å²) in [5.41, 5.74) is 7.63. The van der Waals surface area contributed by atoms with Crippen LogP contribution in [0.4, 0.5) is 0 Å². The summed E-state index contributed by atoms with van der Waals surface area (Å²) >= 11 is 6.19. The highest BCUT2D eigenvalue weighted by Crippen LogP contribution is 2.21. The number of halogens is 1. The summed E-state index contributed by atoms with van der Waals surface area (Å²) in [6, 6.07) is 6.00. The maximum Gasteiger partial charge on any atom is 0.110 e. The Labute approximate surface area is 99.9 Å². The van der Waals surface area contributed by atoms with Gasteiger partial charge in [0.15, 0.2) is 0 Å². The highest BCUT2D eigenvalue weighted by atomic mass is 35.5. The minimum atomic E-state index is 0.614. The van der Waals surface area contributed by atoms with E-state index in [1.165, 1.54) is 0 Å². The van der Waals surface area contributed by atoms with E-state index >= 15 is 0 Å². The Morgan fingerprint density at radius 1 is 1.44 bits per heavy atom. The molecule has 84 valence electrons. The van der Waals surface area contributed by atoms with Crippen LogP contribution in [-0.2, 0) is 6.42 Å². The molecule has 16 heavy (non-hydrogen) atoms. The molecule has 2 aromatic rings. The van der Waals surface area contributed by atoms with Crippen LogP contribution < -0.4 is 5.73 Å². The van der Waals surface area contributed by atoms with Crippen LogP contribution in [0.5, 0.6) is 0 Å².